The Morgan fingerprint density at radius 2 is 1.95 bits per heavy atom. The van der Waals surface area contributed by atoms with Crippen LogP contribution in [0.5, 0.6) is 0 Å². The summed E-state index contributed by atoms with van der Waals surface area (Å²) in [6.07, 6.45) is 3.77. The summed E-state index contributed by atoms with van der Waals surface area (Å²) in [5.74, 6) is 0.0680. The van der Waals surface area contributed by atoms with E-state index in [1.54, 1.807) is 0 Å². The van der Waals surface area contributed by atoms with Crippen LogP contribution in [0.1, 0.15) is 60.3 Å². The van der Waals surface area contributed by atoms with Crippen LogP contribution in [0, 0.1) is 5.41 Å². The lowest BCUT2D eigenvalue weighted by Crippen LogP contribution is -2.70. The molecule has 2 rings (SSSR count). The molecular weight excluding hydrogens is 240 g/mol. The molecule has 1 saturated heterocycles. The Morgan fingerprint density at radius 3 is 2.42 bits per heavy atom. The third kappa shape index (κ3) is 2.37. The second-order valence-corrected chi connectivity index (χ2v) is 7.12. The molecule has 0 aromatic rings. The third-order valence-electron chi connectivity index (χ3n) is 4.95. The van der Waals surface area contributed by atoms with Gasteiger partial charge in [0.05, 0.1) is 0 Å². The van der Waals surface area contributed by atoms with Gasteiger partial charge in [0.25, 0.3) is 0 Å². The van der Waals surface area contributed by atoms with E-state index in [0.29, 0.717) is 6.42 Å². The normalized spacial score (nSPS) is 38.5. The van der Waals surface area contributed by atoms with Crippen LogP contribution in [0.3, 0.4) is 0 Å². The largest absolute Gasteiger partial charge is 0.340 e. The molecular formula is C15H26N2O2. The van der Waals surface area contributed by atoms with E-state index in [0.717, 1.165) is 19.3 Å². The summed E-state index contributed by atoms with van der Waals surface area (Å²) in [5.41, 5.74) is -0.447. The lowest BCUT2D eigenvalue weighted by Gasteiger charge is -2.46. The molecule has 0 aromatic carbocycles. The highest BCUT2D eigenvalue weighted by Crippen LogP contribution is 2.41. The summed E-state index contributed by atoms with van der Waals surface area (Å²) in [5, 5.41) is 2.89. The maximum atomic E-state index is 12.7. The average molecular weight is 266 g/mol. The highest BCUT2D eigenvalue weighted by atomic mass is 16.2. The number of hydrogen-bond acceptors (Lipinski definition) is 2. The monoisotopic (exact) mass is 266 g/mol. The molecule has 19 heavy (non-hydrogen) atoms. The number of carbonyl (C=O) groups is 2. The first kappa shape index (κ1) is 14.4. The van der Waals surface area contributed by atoms with Crippen LogP contribution in [0.4, 0.5) is 0 Å². The number of nitrogens with one attached hydrogen (secondary N) is 1. The van der Waals surface area contributed by atoms with Gasteiger partial charge in [0.1, 0.15) is 11.6 Å². The molecule has 4 heteroatoms. The third-order valence-corrected chi connectivity index (χ3v) is 4.95. The van der Waals surface area contributed by atoms with Gasteiger partial charge in [0.2, 0.25) is 11.8 Å². The summed E-state index contributed by atoms with van der Waals surface area (Å²) in [4.78, 5) is 26.7. The number of nitrogens with zero attached hydrogens (tertiary/aromatic N) is 1. The summed E-state index contributed by atoms with van der Waals surface area (Å²) >= 11 is 0. The lowest BCUT2D eigenvalue weighted by molar-refractivity contribution is -0.156. The van der Waals surface area contributed by atoms with Crippen molar-refractivity contribution < 1.29 is 9.59 Å². The molecule has 1 aliphatic carbocycles. The van der Waals surface area contributed by atoms with Gasteiger partial charge in [-0.25, -0.2) is 0 Å². The van der Waals surface area contributed by atoms with Crippen LogP contribution in [0.2, 0.25) is 0 Å². The van der Waals surface area contributed by atoms with Crippen molar-refractivity contribution >= 4 is 11.8 Å². The maximum absolute atomic E-state index is 12.7. The van der Waals surface area contributed by atoms with Crippen molar-refractivity contribution in [2.24, 2.45) is 5.41 Å². The molecule has 0 spiro atoms. The molecule has 108 valence electrons. The summed E-state index contributed by atoms with van der Waals surface area (Å²) in [7, 11) is 0. The van der Waals surface area contributed by atoms with Gasteiger partial charge in [-0.3, -0.25) is 9.59 Å². The molecule has 2 fully saturated rings. The average Bonchev–Trinajstić information content (AvgIpc) is 2.67. The fraction of sp³-hybridized carbons (Fsp3) is 0.867. The van der Waals surface area contributed by atoms with Crippen molar-refractivity contribution in [3.05, 3.63) is 0 Å². The van der Waals surface area contributed by atoms with E-state index in [1.165, 1.54) is 0 Å². The molecule has 2 aliphatic rings. The van der Waals surface area contributed by atoms with E-state index in [-0.39, 0.29) is 29.3 Å². The van der Waals surface area contributed by atoms with Crippen molar-refractivity contribution in [2.75, 3.05) is 0 Å². The minimum atomic E-state index is -0.726. The molecule has 3 unspecified atom stereocenters. The van der Waals surface area contributed by atoms with Gasteiger partial charge < -0.3 is 10.2 Å². The van der Waals surface area contributed by atoms with E-state index in [1.807, 2.05) is 25.7 Å². The number of piperazine rings is 1. The number of rotatable bonds is 2. The summed E-state index contributed by atoms with van der Waals surface area (Å²) < 4.78 is 0. The number of hydrogen-bond donors (Lipinski definition) is 1. The van der Waals surface area contributed by atoms with Gasteiger partial charge >= 0.3 is 0 Å². The van der Waals surface area contributed by atoms with Crippen molar-refractivity contribution in [3.63, 3.8) is 0 Å². The Balaban J connectivity index is 2.27. The fourth-order valence-corrected chi connectivity index (χ4v) is 3.38. The standard InChI is InChI=1S/C15H26N2O2/c1-6-15(5)13(19)17(10(2)12(18)16-15)11-7-8-14(3,4)9-11/h10-11H,6-9H2,1-5H3,(H,16,18). The summed E-state index contributed by atoms with van der Waals surface area (Å²) in [6, 6.07) is -0.125. The second kappa shape index (κ2) is 4.50. The molecule has 1 heterocycles. The SMILES string of the molecule is CCC1(C)NC(=O)C(C)N(C2CCC(C)(C)C2)C1=O. The summed E-state index contributed by atoms with van der Waals surface area (Å²) in [6.45, 7) is 10.1. The van der Waals surface area contributed by atoms with Crippen LogP contribution in [0.25, 0.3) is 0 Å². The molecule has 1 aliphatic heterocycles. The van der Waals surface area contributed by atoms with Gasteiger partial charge in [-0.05, 0) is 44.9 Å². The first-order valence-electron chi connectivity index (χ1n) is 7.35. The van der Waals surface area contributed by atoms with Gasteiger partial charge in [-0.15, -0.1) is 0 Å². The van der Waals surface area contributed by atoms with Gasteiger partial charge in [-0.2, -0.15) is 0 Å². The zero-order chi connectivity index (χ0) is 14.4. The van der Waals surface area contributed by atoms with Crippen LogP contribution < -0.4 is 5.32 Å². The van der Waals surface area contributed by atoms with E-state index in [4.69, 9.17) is 0 Å². The Labute approximate surface area is 115 Å². The Hall–Kier alpha value is -1.06. The van der Waals surface area contributed by atoms with E-state index < -0.39 is 5.54 Å². The zero-order valence-electron chi connectivity index (χ0n) is 12.7. The Bertz CT molecular complexity index is 405. The minimum absolute atomic E-state index is 0.0198. The highest BCUT2D eigenvalue weighted by molar-refractivity contribution is 5.99. The van der Waals surface area contributed by atoms with E-state index in [2.05, 4.69) is 19.2 Å². The first-order chi connectivity index (χ1) is 8.70. The smallest absolute Gasteiger partial charge is 0.248 e. The predicted octanol–water partition coefficient (Wildman–Crippen LogP) is 2.08. The molecule has 2 amide bonds. The Morgan fingerprint density at radius 1 is 1.32 bits per heavy atom. The predicted molar refractivity (Wildman–Crippen MR) is 74.6 cm³/mol. The molecule has 1 saturated carbocycles. The molecule has 4 nitrogen and oxygen atoms in total. The van der Waals surface area contributed by atoms with Crippen molar-refractivity contribution in [3.8, 4) is 0 Å². The van der Waals surface area contributed by atoms with Crippen LogP contribution in [0.15, 0.2) is 0 Å². The molecule has 3 atom stereocenters. The van der Waals surface area contributed by atoms with E-state index in [9.17, 15) is 9.59 Å². The van der Waals surface area contributed by atoms with Crippen LogP contribution in [-0.2, 0) is 9.59 Å². The van der Waals surface area contributed by atoms with Gasteiger partial charge in [0, 0.05) is 6.04 Å². The van der Waals surface area contributed by atoms with Crippen molar-refractivity contribution in [2.45, 2.75) is 77.9 Å². The van der Waals surface area contributed by atoms with Crippen molar-refractivity contribution in [1.82, 2.24) is 10.2 Å². The van der Waals surface area contributed by atoms with Crippen LogP contribution >= 0.6 is 0 Å². The molecule has 0 radical (unpaired) electrons. The topological polar surface area (TPSA) is 49.4 Å². The molecule has 1 N–H and O–H groups in total. The number of amides is 2. The van der Waals surface area contributed by atoms with Crippen molar-refractivity contribution in [1.29, 1.82) is 0 Å². The second-order valence-electron chi connectivity index (χ2n) is 7.12. The first-order valence-corrected chi connectivity index (χ1v) is 7.35. The molecule has 0 bridgehead atoms. The van der Waals surface area contributed by atoms with Crippen LogP contribution in [-0.4, -0.2) is 34.3 Å². The van der Waals surface area contributed by atoms with E-state index >= 15 is 0 Å². The minimum Gasteiger partial charge on any atom is -0.340 e. The highest BCUT2D eigenvalue weighted by Gasteiger charge is 2.49. The van der Waals surface area contributed by atoms with Gasteiger partial charge in [0.15, 0.2) is 0 Å². The van der Waals surface area contributed by atoms with Gasteiger partial charge in [-0.1, -0.05) is 20.8 Å². The maximum Gasteiger partial charge on any atom is 0.248 e. The lowest BCUT2D eigenvalue weighted by atomic mass is 9.89. The number of carbonyl (C=O) groups excluding carboxylic acids is 2. The quantitative estimate of drug-likeness (QED) is 0.832. The Kier molecular flexibility index (Phi) is 3.40. The fourth-order valence-electron chi connectivity index (χ4n) is 3.38. The molecule has 0 aromatic heterocycles. The zero-order valence-corrected chi connectivity index (χ0v) is 12.7.